The second-order valence-corrected chi connectivity index (χ2v) is 3.63. The van der Waals surface area contributed by atoms with E-state index < -0.39 is 0 Å². The van der Waals surface area contributed by atoms with Crippen LogP contribution in [0.4, 0.5) is 0 Å². The molecule has 0 spiro atoms. The van der Waals surface area contributed by atoms with Crippen molar-refractivity contribution in [2.75, 3.05) is 26.7 Å². The second kappa shape index (κ2) is 4.80. The number of piperidine rings is 1. The molecule has 1 aliphatic heterocycles. The minimum Gasteiger partial charge on any atom is -0.395 e. The maximum absolute atomic E-state index is 8.95. The zero-order valence-electron chi connectivity index (χ0n) is 8.08. The van der Waals surface area contributed by atoms with E-state index in [1.807, 2.05) is 7.05 Å². The Balaban J connectivity index is 2.25. The van der Waals surface area contributed by atoms with Gasteiger partial charge < -0.3 is 10.4 Å². The fourth-order valence-corrected chi connectivity index (χ4v) is 1.74. The molecule has 1 rings (SSSR count). The van der Waals surface area contributed by atoms with Crippen LogP contribution in [0.3, 0.4) is 0 Å². The summed E-state index contributed by atoms with van der Waals surface area (Å²) in [6.07, 6.45) is 2.42. The van der Waals surface area contributed by atoms with Gasteiger partial charge >= 0.3 is 0 Å². The predicted molar refractivity (Wildman–Crippen MR) is 50.2 cm³/mol. The molecule has 3 heteroatoms. The summed E-state index contributed by atoms with van der Waals surface area (Å²) in [7, 11) is 2.02. The van der Waals surface area contributed by atoms with Crippen LogP contribution in [0.1, 0.15) is 19.8 Å². The van der Waals surface area contributed by atoms with Crippen molar-refractivity contribution in [2.24, 2.45) is 0 Å². The van der Waals surface area contributed by atoms with Crippen LogP contribution in [-0.4, -0.2) is 48.8 Å². The van der Waals surface area contributed by atoms with Crippen LogP contribution in [0.5, 0.6) is 0 Å². The smallest absolute Gasteiger partial charge is 0.0584 e. The molecular formula is C9H20N2O. The highest BCUT2D eigenvalue weighted by molar-refractivity contribution is 4.78. The normalized spacial score (nSPS) is 24.2. The summed E-state index contributed by atoms with van der Waals surface area (Å²) in [6, 6.07) is 1.02. The number of aliphatic hydroxyl groups is 1. The topological polar surface area (TPSA) is 35.5 Å². The number of likely N-dealkylation sites (tertiary alicyclic amines) is 1. The molecule has 1 fully saturated rings. The maximum Gasteiger partial charge on any atom is 0.0584 e. The quantitative estimate of drug-likeness (QED) is 0.631. The van der Waals surface area contributed by atoms with E-state index in [9.17, 15) is 0 Å². The van der Waals surface area contributed by atoms with Crippen molar-refractivity contribution in [1.82, 2.24) is 10.2 Å². The maximum atomic E-state index is 8.95. The molecule has 1 aliphatic rings. The van der Waals surface area contributed by atoms with E-state index in [0.29, 0.717) is 12.1 Å². The molecule has 0 aliphatic carbocycles. The summed E-state index contributed by atoms with van der Waals surface area (Å²) in [5, 5.41) is 12.2. The van der Waals surface area contributed by atoms with Gasteiger partial charge in [-0.25, -0.2) is 0 Å². The Morgan fingerprint density at radius 3 is 2.50 bits per heavy atom. The van der Waals surface area contributed by atoms with E-state index in [-0.39, 0.29) is 6.61 Å². The Kier molecular flexibility index (Phi) is 3.98. The van der Waals surface area contributed by atoms with Crippen LogP contribution in [0, 0.1) is 0 Å². The Hall–Kier alpha value is -0.120. The van der Waals surface area contributed by atoms with Gasteiger partial charge in [0.05, 0.1) is 6.61 Å². The van der Waals surface area contributed by atoms with Gasteiger partial charge in [-0.2, -0.15) is 0 Å². The summed E-state index contributed by atoms with van der Waals surface area (Å²) in [4.78, 5) is 2.36. The minimum atomic E-state index is 0.282. The van der Waals surface area contributed by atoms with Crippen LogP contribution >= 0.6 is 0 Å². The van der Waals surface area contributed by atoms with Crippen LogP contribution in [0.15, 0.2) is 0 Å². The zero-order valence-corrected chi connectivity index (χ0v) is 8.08. The summed E-state index contributed by atoms with van der Waals surface area (Å²) in [6.45, 7) is 4.60. The second-order valence-electron chi connectivity index (χ2n) is 3.63. The molecule has 1 saturated heterocycles. The van der Waals surface area contributed by atoms with E-state index in [1.54, 1.807) is 0 Å². The van der Waals surface area contributed by atoms with Gasteiger partial charge in [0, 0.05) is 12.1 Å². The van der Waals surface area contributed by atoms with Gasteiger partial charge in [0.2, 0.25) is 0 Å². The Bertz CT molecular complexity index is 122. The molecule has 1 atom stereocenters. The van der Waals surface area contributed by atoms with E-state index in [0.717, 1.165) is 13.1 Å². The van der Waals surface area contributed by atoms with Crippen LogP contribution in [0.25, 0.3) is 0 Å². The largest absolute Gasteiger partial charge is 0.395 e. The molecule has 1 heterocycles. The first-order valence-corrected chi connectivity index (χ1v) is 4.80. The molecule has 0 saturated carbocycles. The van der Waals surface area contributed by atoms with E-state index >= 15 is 0 Å². The number of hydrogen-bond acceptors (Lipinski definition) is 3. The molecule has 72 valence electrons. The van der Waals surface area contributed by atoms with Crippen molar-refractivity contribution in [2.45, 2.75) is 31.8 Å². The van der Waals surface area contributed by atoms with Crippen molar-refractivity contribution in [1.29, 1.82) is 0 Å². The van der Waals surface area contributed by atoms with Crippen LogP contribution in [-0.2, 0) is 0 Å². The molecule has 0 bridgehead atoms. The average molecular weight is 172 g/mol. The van der Waals surface area contributed by atoms with Gasteiger partial charge in [-0.05, 0) is 39.9 Å². The standard InChI is InChI=1S/C9H20N2O/c1-8(7-12)11-5-3-9(10-2)4-6-11/h8-10,12H,3-7H2,1-2H3. The molecular weight excluding hydrogens is 152 g/mol. The van der Waals surface area contributed by atoms with Crippen molar-refractivity contribution in [3.63, 3.8) is 0 Å². The SMILES string of the molecule is CNC1CCN(C(C)CO)CC1. The Labute approximate surface area is 74.8 Å². The molecule has 2 N–H and O–H groups in total. The van der Waals surface area contributed by atoms with Crippen LogP contribution < -0.4 is 5.32 Å². The third-order valence-corrected chi connectivity index (χ3v) is 2.83. The summed E-state index contributed by atoms with van der Waals surface area (Å²) in [5.41, 5.74) is 0. The number of rotatable bonds is 3. The lowest BCUT2D eigenvalue weighted by molar-refractivity contribution is 0.105. The highest BCUT2D eigenvalue weighted by Crippen LogP contribution is 2.12. The fraction of sp³-hybridized carbons (Fsp3) is 1.00. The van der Waals surface area contributed by atoms with Gasteiger partial charge in [0.1, 0.15) is 0 Å². The molecule has 0 aromatic heterocycles. The molecule has 0 amide bonds. The van der Waals surface area contributed by atoms with Gasteiger partial charge in [0.15, 0.2) is 0 Å². The lowest BCUT2D eigenvalue weighted by Gasteiger charge is -2.35. The number of hydrogen-bond donors (Lipinski definition) is 2. The third-order valence-electron chi connectivity index (χ3n) is 2.83. The highest BCUT2D eigenvalue weighted by atomic mass is 16.3. The average Bonchev–Trinajstić information content (AvgIpc) is 2.17. The highest BCUT2D eigenvalue weighted by Gasteiger charge is 2.20. The van der Waals surface area contributed by atoms with Crippen molar-refractivity contribution >= 4 is 0 Å². The van der Waals surface area contributed by atoms with E-state index in [2.05, 4.69) is 17.1 Å². The van der Waals surface area contributed by atoms with Crippen molar-refractivity contribution in [3.05, 3.63) is 0 Å². The van der Waals surface area contributed by atoms with Gasteiger partial charge in [0.25, 0.3) is 0 Å². The number of nitrogens with one attached hydrogen (secondary N) is 1. The minimum absolute atomic E-state index is 0.282. The molecule has 12 heavy (non-hydrogen) atoms. The fourth-order valence-electron chi connectivity index (χ4n) is 1.74. The Morgan fingerprint density at radius 1 is 1.50 bits per heavy atom. The molecule has 0 aromatic carbocycles. The predicted octanol–water partition coefficient (Wildman–Crippen LogP) is 0.0510. The van der Waals surface area contributed by atoms with Gasteiger partial charge in [-0.1, -0.05) is 0 Å². The molecule has 0 aromatic rings. The first-order valence-electron chi connectivity index (χ1n) is 4.80. The van der Waals surface area contributed by atoms with Gasteiger partial charge in [-0.3, -0.25) is 4.90 Å². The molecule has 3 nitrogen and oxygen atoms in total. The number of aliphatic hydroxyl groups excluding tert-OH is 1. The van der Waals surface area contributed by atoms with Crippen molar-refractivity contribution < 1.29 is 5.11 Å². The third kappa shape index (κ3) is 2.44. The summed E-state index contributed by atoms with van der Waals surface area (Å²) >= 11 is 0. The first-order chi connectivity index (χ1) is 5.77. The Morgan fingerprint density at radius 2 is 2.08 bits per heavy atom. The van der Waals surface area contributed by atoms with E-state index in [1.165, 1.54) is 12.8 Å². The van der Waals surface area contributed by atoms with Crippen molar-refractivity contribution in [3.8, 4) is 0 Å². The first kappa shape index (κ1) is 9.96. The zero-order chi connectivity index (χ0) is 8.97. The monoisotopic (exact) mass is 172 g/mol. The molecule has 1 unspecified atom stereocenters. The number of nitrogens with zero attached hydrogens (tertiary/aromatic N) is 1. The van der Waals surface area contributed by atoms with Gasteiger partial charge in [-0.15, -0.1) is 0 Å². The van der Waals surface area contributed by atoms with E-state index in [4.69, 9.17) is 5.11 Å². The summed E-state index contributed by atoms with van der Waals surface area (Å²) in [5.74, 6) is 0. The lowest BCUT2D eigenvalue weighted by atomic mass is 10.0. The van der Waals surface area contributed by atoms with Crippen LogP contribution in [0.2, 0.25) is 0 Å². The lowest BCUT2D eigenvalue weighted by Crippen LogP contribution is -2.46. The summed E-state index contributed by atoms with van der Waals surface area (Å²) < 4.78 is 0. The molecule has 0 radical (unpaired) electrons.